The molecule has 1 aromatic heterocycles. The molecule has 1 saturated carbocycles. The van der Waals surface area contributed by atoms with E-state index in [1.54, 1.807) is 5.51 Å². The summed E-state index contributed by atoms with van der Waals surface area (Å²) in [4.78, 5) is 16.8. The molecular weight excluding hydrogens is 288 g/mol. The molecule has 116 valence electrons. The molecule has 1 spiro atoms. The quantitative estimate of drug-likeness (QED) is 0.932. The Bertz CT molecular complexity index is 509. The second-order valence-electron chi connectivity index (χ2n) is 6.12. The van der Waals surface area contributed by atoms with Crippen molar-refractivity contribution in [2.24, 2.45) is 5.92 Å². The fourth-order valence-corrected chi connectivity index (χ4v) is 3.71. The van der Waals surface area contributed by atoms with Gasteiger partial charge in [0.1, 0.15) is 11.0 Å². The van der Waals surface area contributed by atoms with Crippen molar-refractivity contribution in [3.8, 4) is 0 Å². The zero-order valence-corrected chi connectivity index (χ0v) is 13.4. The van der Waals surface area contributed by atoms with E-state index in [4.69, 9.17) is 9.47 Å². The lowest BCUT2D eigenvalue weighted by molar-refractivity contribution is -0.191. The second kappa shape index (κ2) is 6.02. The van der Waals surface area contributed by atoms with E-state index in [9.17, 15) is 4.79 Å². The second-order valence-corrected chi connectivity index (χ2v) is 6.98. The molecule has 2 aliphatic rings. The van der Waals surface area contributed by atoms with Crippen LogP contribution in [0.15, 0.2) is 5.51 Å². The summed E-state index contributed by atoms with van der Waals surface area (Å²) in [6, 6.07) is 0. The Kier molecular flexibility index (Phi) is 4.28. The number of aryl methyl sites for hydroxylation is 1. The molecule has 0 radical (unpaired) electrons. The number of carbonyl (C=O) groups is 1. The topological polar surface area (TPSA) is 60.5 Å². The standard InChI is InChI=1S/C15H22N2O3S/c1-10-3-5-15(6-4-10)19-8-12(20-15)7-16-14(18)13-11(2)17-9-21-13/h9-10,12H,3-8H2,1-2H3,(H,16,18). The molecule has 2 heterocycles. The Hall–Kier alpha value is -0.980. The first-order valence-corrected chi connectivity index (χ1v) is 8.46. The molecule has 1 aliphatic heterocycles. The summed E-state index contributed by atoms with van der Waals surface area (Å²) in [5.41, 5.74) is 2.47. The highest BCUT2D eigenvalue weighted by Crippen LogP contribution is 2.39. The molecule has 5 nitrogen and oxygen atoms in total. The summed E-state index contributed by atoms with van der Waals surface area (Å²) in [6.45, 7) is 5.18. The Morgan fingerprint density at radius 3 is 2.95 bits per heavy atom. The predicted molar refractivity (Wildman–Crippen MR) is 80.4 cm³/mol. The van der Waals surface area contributed by atoms with E-state index in [0.29, 0.717) is 18.0 Å². The fraction of sp³-hybridized carbons (Fsp3) is 0.733. The summed E-state index contributed by atoms with van der Waals surface area (Å²) in [6.07, 6.45) is 4.19. The van der Waals surface area contributed by atoms with Crippen LogP contribution in [-0.2, 0) is 9.47 Å². The van der Waals surface area contributed by atoms with E-state index < -0.39 is 0 Å². The van der Waals surface area contributed by atoms with E-state index in [1.807, 2.05) is 6.92 Å². The van der Waals surface area contributed by atoms with Crippen LogP contribution in [-0.4, -0.2) is 35.9 Å². The van der Waals surface area contributed by atoms with Gasteiger partial charge in [-0.3, -0.25) is 4.79 Å². The third-order valence-corrected chi connectivity index (χ3v) is 5.32. The van der Waals surface area contributed by atoms with Crippen LogP contribution < -0.4 is 5.32 Å². The smallest absolute Gasteiger partial charge is 0.263 e. The molecule has 1 unspecified atom stereocenters. The maximum absolute atomic E-state index is 12.1. The lowest BCUT2D eigenvalue weighted by Gasteiger charge is -2.34. The molecule has 0 aromatic carbocycles. The number of hydrogen-bond acceptors (Lipinski definition) is 5. The fourth-order valence-electron chi connectivity index (χ4n) is 2.99. The van der Waals surface area contributed by atoms with E-state index in [2.05, 4.69) is 17.2 Å². The molecule has 2 fully saturated rings. The van der Waals surface area contributed by atoms with Crippen LogP contribution in [0.5, 0.6) is 0 Å². The lowest BCUT2D eigenvalue weighted by Crippen LogP contribution is -2.38. The normalized spacial score (nSPS) is 32.5. The van der Waals surface area contributed by atoms with Crippen molar-refractivity contribution >= 4 is 17.2 Å². The SMILES string of the molecule is Cc1ncsc1C(=O)NCC1COC2(CCC(C)CC2)O1. The number of ether oxygens (including phenoxy) is 2. The van der Waals surface area contributed by atoms with Gasteiger partial charge in [-0.05, 0) is 25.7 Å². The first kappa shape index (κ1) is 14.9. The molecule has 1 saturated heterocycles. The van der Waals surface area contributed by atoms with Crippen LogP contribution in [0.1, 0.15) is 48.0 Å². The molecule has 1 aromatic rings. The van der Waals surface area contributed by atoms with Gasteiger partial charge in [0.15, 0.2) is 5.79 Å². The molecule has 1 amide bonds. The minimum atomic E-state index is -0.387. The molecule has 21 heavy (non-hydrogen) atoms. The van der Waals surface area contributed by atoms with Gasteiger partial charge in [0, 0.05) is 19.4 Å². The van der Waals surface area contributed by atoms with Gasteiger partial charge in [-0.2, -0.15) is 0 Å². The van der Waals surface area contributed by atoms with Crippen LogP contribution in [0.2, 0.25) is 0 Å². The molecule has 1 N–H and O–H groups in total. The molecule has 1 aliphatic carbocycles. The molecule has 1 atom stereocenters. The van der Waals surface area contributed by atoms with Crippen LogP contribution in [0.3, 0.4) is 0 Å². The number of carbonyl (C=O) groups excluding carboxylic acids is 1. The Morgan fingerprint density at radius 2 is 2.29 bits per heavy atom. The predicted octanol–water partition coefficient (Wildman–Crippen LogP) is 2.50. The Morgan fingerprint density at radius 1 is 1.52 bits per heavy atom. The number of hydrogen-bond donors (Lipinski definition) is 1. The highest BCUT2D eigenvalue weighted by Gasteiger charge is 2.43. The number of nitrogens with zero attached hydrogens (tertiary/aromatic N) is 1. The number of nitrogens with one attached hydrogen (secondary N) is 1. The Balaban J connectivity index is 1.49. The van der Waals surface area contributed by atoms with E-state index in [1.165, 1.54) is 11.3 Å². The van der Waals surface area contributed by atoms with Crippen molar-refractivity contribution in [3.63, 3.8) is 0 Å². The number of amides is 1. The molecular formula is C15H22N2O3S. The van der Waals surface area contributed by atoms with Crippen LogP contribution in [0.4, 0.5) is 0 Å². The van der Waals surface area contributed by atoms with Gasteiger partial charge in [0.2, 0.25) is 0 Å². The first-order chi connectivity index (χ1) is 10.1. The van der Waals surface area contributed by atoms with Gasteiger partial charge in [0.25, 0.3) is 5.91 Å². The van der Waals surface area contributed by atoms with E-state index in [0.717, 1.165) is 37.3 Å². The van der Waals surface area contributed by atoms with Gasteiger partial charge in [-0.25, -0.2) is 4.98 Å². The zero-order valence-electron chi connectivity index (χ0n) is 12.6. The third kappa shape index (κ3) is 3.27. The highest BCUT2D eigenvalue weighted by molar-refractivity contribution is 7.11. The number of thiazole rings is 1. The van der Waals surface area contributed by atoms with Gasteiger partial charge in [0.05, 0.1) is 17.8 Å². The summed E-state index contributed by atoms with van der Waals surface area (Å²) in [5, 5.41) is 2.93. The van der Waals surface area contributed by atoms with Crippen molar-refractivity contribution < 1.29 is 14.3 Å². The minimum absolute atomic E-state index is 0.0458. The van der Waals surface area contributed by atoms with Gasteiger partial charge >= 0.3 is 0 Å². The lowest BCUT2D eigenvalue weighted by atomic mass is 9.86. The summed E-state index contributed by atoms with van der Waals surface area (Å²) in [7, 11) is 0. The zero-order chi connectivity index (χ0) is 14.9. The van der Waals surface area contributed by atoms with Gasteiger partial charge < -0.3 is 14.8 Å². The van der Waals surface area contributed by atoms with Crippen molar-refractivity contribution in [2.45, 2.75) is 51.4 Å². The molecule has 6 heteroatoms. The minimum Gasteiger partial charge on any atom is -0.349 e. The van der Waals surface area contributed by atoms with Crippen molar-refractivity contribution in [1.29, 1.82) is 0 Å². The summed E-state index contributed by atoms with van der Waals surface area (Å²) < 4.78 is 12.0. The van der Waals surface area contributed by atoms with Crippen molar-refractivity contribution in [3.05, 3.63) is 16.1 Å². The van der Waals surface area contributed by atoms with Crippen LogP contribution >= 0.6 is 11.3 Å². The number of aromatic nitrogens is 1. The first-order valence-electron chi connectivity index (χ1n) is 7.58. The largest absolute Gasteiger partial charge is 0.349 e. The van der Waals surface area contributed by atoms with Crippen molar-refractivity contribution in [2.75, 3.05) is 13.2 Å². The summed E-state index contributed by atoms with van der Waals surface area (Å²) >= 11 is 1.37. The monoisotopic (exact) mass is 310 g/mol. The van der Waals surface area contributed by atoms with Gasteiger partial charge in [-0.1, -0.05) is 6.92 Å². The van der Waals surface area contributed by atoms with Crippen LogP contribution in [0.25, 0.3) is 0 Å². The van der Waals surface area contributed by atoms with Crippen LogP contribution in [0, 0.1) is 12.8 Å². The van der Waals surface area contributed by atoms with E-state index in [-0.39, 0.29) is 17.8 Å². The summed E-state index contributed by atoms with van der Waals surface area (Å²) in [5.74, 6) is 0.301. The maximum Gasteiger partial charge on any atom is 0.263 e. The van der Waals surface area contributed by atoms with Gasteiger partial charge in [-0.15, -0.1) is 11.3 Å². The van der Waals surface area contributed by atoms with E-state index >= 15 is 0 Å². The Labute approximate surface area is 129 Å². The van der Waals surface area contributed by atoms with Crippen molar-refractivity contribution in [1.82, 2.24) is 10.3 Å². The molecule has 0 bridgehead atoms. The third-order valence-electron chi connectivity index (χ3n) is 4.39. The molecule has 3 rings (SSSR count). The average molecular weight is 310 g/mol. The average Bonchev–Trinajstić information content (AvgIpc) is 3.07. The maximum atomic E-state index is 12.1. The highest BCUT2D eigenvalue weighted by atomic mass is 32.1. The number of rotatable bonds is 3.